The second-order valence-corrected chi connectivity index (χ2v) is 8.77. The van der Waals surface area contributed by atoms with Gasteiger partial charge in [-0.3, -0.25) is 4.79 Å². The number of fused-ring (bicyclic) bond motifs is 1. The molecule has 1 aromatic heterocycles. The standard InChI is InChI=1S/C25H23BrClN3O2/c1-17(28-25(31)18-8-6-9-19(26)16-18)24-29-21-11-3-4-12-22(21)30(24)14-7-15-32-23-13-5-2-10-20(23)27/h2-6,8-13,16-17H,7,14-15H2,1H3,(H,28,31). The van der Waals surface area contributed by atoms with E-state index in [1.54, 1.807) is 12.1 Å². The molecule has 1 atom stereocenters. The van der Waals surface area contributed by atoms with Crippen molar-refractivity contribution in [2.75, 3.05) is 6.61 Å². The maximum absolute atomic E-state index is 12.8. The molecule has 1 amide bonds. The summed E-state index contributed by atoms with van der Waals surface area (Å²) in [6, 6.07) is 22.5. The van der Waals surface area contributed by atoms with E-state index in [0.717, 1.165) is 27.8 Å². The molecule has 4 rings (SSSR count). The van der Waals surface area contributed by atoms with Crippen molar-refractivity contribution >= 4 is 44.5 Å². The van der Waals surface area contributed by atoms with Crippen molar-refractivity contribution < 1.29 is 9.53 Å². The number of aromatic nitrogens is 2. The van der Waals surface area contributed by atoms with Gasteiger partial charge in [0, 0.05) is 16.6 Å². The van der Waals surface area contributed by atoms with Crippen molar-refractivity contribution in [3.8, 4) is 5.75 Å². The summed E-state index contributed by atoms with van der Waals surface area (Å²) in [4.78, 5) is 17.6. The van der Waals surface area contributed by atoms with Gasteiger partial charge in [-0.25, -0.2) is 4.98 Å². The number of benzene rings is 3. The van der Waals surface area contributed by atoms with Gasteiger partial charge in [-0.15, -0.1) is 0 Å². The quantitative estimate of drug-likeness (QED) is 0.277. The maximum atomic E-state index is 12.8. The monoisotopic (exact) mass is 511 g/mol. The lowest BCUT2D eigenvalue weighted by atomic mass is 10.2. The summed E-state index contributed by atoms with van der Waals surface area (Å²) in [5.41, 5.74) is 2.53. The topological polar surface area (TPSA) is 56.2 Å². The summed E-state index contributed by atoms with van der Waals surface area (Å²) in [6.45, 7) is 3.18. The van der Waals surface area contributed by atoms with Crippen LogP contribution in [0, 0.1) is 0 Å². The number of amides is 1. The molecule has 0 aliphatic heterocycles. The van der Waals surface area contributed by atoms with Crippen LogP contribution in [0.3, 0.4) is 0 Å². The number of ether oxygens (including phenoxy) is 1. The van der Waals surface area contributed by atoms with Gasteiger partial charge in [0.2, 0.25) is 0 Å². The Morgan fingerprint density at radius 2 is 1.91 bits per heavy atom. The maximum Gasteiger partial charge on any atom is 0.251 e. The second-order valence-electron chi connectivity index (χ2n) is 7.45. The predicted molar refractivity (Wildman–Crippen MR) is 131 cm³/mol. The minimum absolute atomic E-state index is 0.139. The van der Waals surface area contributed by atoms with Gasteiger partial charge in [0.1, 0.15) is 11.6 Å². The summed E-state index contributed by atoms with van der Waals surface area (Å²) in [5.74, 6) is 1.35. The fourth-order valence-corrected chi connectivity index (χ4v) is 4.19. The molecular weight excluding hydrogens is 490 g/mol. The molecule has 0 fully saturated rings. The largest absolute Gasteiger partial charge is 0.492 e. The molecule has 4 aromatic rings. The molecule has 0 spiro atoms. The molecule has 0 bridgehead atoms. The first-order chi connectivity index (χ1) is 15.5. The molecule has 5 nitrogen and oxygen atoms in total. The minimum Gasteiger partial charge on any atom is -0.492 e. The Labute approximate surface area is 200 Å². The Kier molecular flexibility index (Phi) is 7.12. The number of nitrogens with one attached hydrogen (secondary N) is 1. The highest BCUT2D eigenvalue weighted by Crippen LogP contribution is 2.24. The van der Waals surface area contributed by atoms with E-state index in [-0.39, 0.29) is 11.9 Å². The normalized spacial score (nSPS) is 12.0. The molecule has 7 heteroatoms. The van der Waals surface area contributed by atoms with Crippen molar-refractivity contribution in [3.63, 3.8) is 0 Å². The third kappa shape index (κ3) is 5.14. The number of nitrogens with zero attached hydrogens (tertiary/aromatic N) is 2. The van der Waals surface area contributed by atoms with Crippen LogP contribution in [0.1, 0.15) is 35.6 Å². The lowest BCUT2D eigenvalue weighted by molar-refractivity contribution is 0.0937. The van der Waals surface area contributed by atoms with Crippen LogP contribution >= 0.6 is 27.5 Å². The zero-order chi connectivity index (χ0) is 22.5. The summed E-state index contributed by atoms with van der Waals surface area (Å²) < 4.78 is 8.86. The smallest absolute Gasteiger partial charge is 0.251 e. The first-order valence-electron chi connectivity index (χ1n) is 10.4. The minimum atomic E-state index is -0.265. The van der Waals surface area contributed by atoms with E-state index in [2.05, 4.69) is 25.8 Å². The molecule has 32 heavy (non-hydrogen) atoms. The molecule has 164 valence electrons. The SMILES string of the molecule is CC(NC(=O)c1cccc(Br)c1)c1nc2ccccc2n1CCCOc1ccccc1Cl. The van der Waals surface area contributed by atoms with Crippen LogP contribution in [0.4, 0.5) is 0 Å². The predicted octanol–water partition coefficient (Wildman–Crippen LogP) is 6.41. The van der Waals surface area contributed by atoms with Gasteiger partial charge in [0.05, 0.1) is 28.7 Å². The molecule has 1 N–H and O–H groups in total. The van der Waals surface area contributed by atoms with Crippen LogP contribution in [0.5, 0.6) is 5.75 Å². The highest BCUT2D eigenvalue weighted by molar-refractivity contribution is 9.10. The van der Waals surface area contributed by atoms with Crippen LogP contribution in [0.25, 0.3) is 11.0 Å². The van der Waals surface area contributed by atoms with Crippen molar-refractivity contribution in [1.29, 1.82) is 0 Å². The molecule has 0 aliphatic carbocycles. The first-order valence-corrected chi connectivity index (χ1v) is 11.6. The van der Waals surface area contributed by atoms with Gasteiger partial charge in [-0.05, 0) is 55.8 Å². The van der Waals surface area contributed by atoms with Crippen molar-refractivity contribution in [2.24, 2.45) is 0 Å². The third-order valence-corrected chi connectivity index (χ3v) is 5.93. The number of carbonyl (C=O) groups excluding carboxylic acids is 1. The zero-order valence-corrected chi connectivity index (χ0v) is 19.9. The Balaban J connectivity index is 1.49. The first kappa shape index (κ1) is 22.4. The lowest BCUT2D eigenvalue weighted by Crippen LogP contribution is -2.28. The van der Waals surface area contributed by atoms with Crippen molar-refractivity contribution in [3.05, 3.63) is 93.7 Å². The van der Waals surface area contributed by atoms with E-state index in [1.165, 1.54) is 0 Å². The molecule has 1 heterocycles. The average molecular weight is 513 g/mol. The summed E-state index contributed by atoms with van der Waals surface area (Å²) >= 11 is 9.59. The number of hydrogen-bond acceptors (Lipinski definition) is 3. The van der Waals surface area contributed by atoms with Crippen molar-refractivity contribution in [1.82, 2.24) is 14.9 Å². The number of imidazole rings is 1. The molecule has 1 unspecified atom stereocenters. The second kappa shape index (κ2) is 10.2. The molecule has 0 saturated carbocycles. The number of para-hydroxylation sites is 3. The van der Waals surface area contributed by atoms with Gasteiger partial charge >= 0.3 is 0 Å². The number of carbonyl (C=O) groups is 1. The summed E-state index contributed by atoms with van der Waals surface area (Å²) in [5, 5.41) is 3.67. The number of halogens is 2. The van der Waals surface area contributed by atoms with Gasteiger partial charge in [0.15, 0.2) is 0 Å². The Hall–Kier alpha value is -2.83. The molecule has 0 saturated heterocycles. The molecular formula is C25H23BrClN3O2. The number of aryl methyl sites for hydroxylation is 1. The fraction of sp³-hybridized carbons (Fsp3) is 0.200. The van der Waals surface area contributed by atoms with E-state index in [1.807, 2.05) is 67.6 Å². The van der Waals surface area contributed by atoms with E-state index in [0.29, 0.717) is 29.5 Å². The molecule has 3 aromatic carbocycles. The van der Waals surface area contributed by atoms with Gasteiger partial charge < -0.3 is 14.6 Å². The highest BCUT2D eigenvalue weighted by atomic mass is 79.9. The lowest BCUT2D eigenvalue weighted by Gasteiger charge is -2.17. The van der Waals surface area contributed by atoms with E-state index in [9.17, 15) is 4.79 Å². The highest BCUT2D eigenvalue weighted by Gasteiger charge is 2.19. The van der Waals surface area contributed by atoms with Crippen LogP contribution < -0.4 is 10.1 Å². The number of hydrogen-bond donors (Lipinski definition) is 1. The third-order valence-electron chi connectivity index (χ3n) is 5.13. The van der Waals surface area contributed by atoms with Crippen molar-refractivity contribution in [2.45, 2.75) is 25.9 Å². The van der Waals surface area contributed by atoms with Crippen LogP contribution in [0.2, 0.25) is 5.02 Å². The Bertz CT molecular complexity index is 1240. The van der Waals surface area contributed by atoms with E-state index in [4.69, 9.17) is 21.3 Å². The fourth-order valence-electron chi connectivity index (χ4n) is 3.60. The number of rotatable bonds is 8. The van der Waals surface area contributed by atoms with E-state index < -0.39 is 0 Å². The Morgan fingerprint density at radius 1 is 1.12 bits per heavy atom. The van der Waals surface area contributed by atoms with Gasteiger partial charge in [-0.2, -0.15) is 0 Å². The molecule has 0 radical (unpaired) electrons. The van der Waals surface area contributed by atoms with Crippen LogP contribution in [-0.2, 0) is 6.54 Å². The Morgan fingerprint density at radius 3 is 2.72 bits per heavy atom. The van der Waals surface area contributed by atoms with Gasteiger partial charge in [0.25, 0.3) is 5.91 Å². The van der Waals surface area contributed by atoms with Crippen LogP contribution in [-0.4, -0.2) is 22.1 Å². The molecule has 0 aliphatic rings. The van der Waals surface area contributed by atoms with Crippen LogP contribution in [0.15, 0.2) is 77.3 Å². The van der Waals surface area contributed by atoms with Gasteiger partial charge in [-0.1, -0.05) is 57.9 Å². The average Bonchev–Trinajstić information content (AvgIpc) is 3.16. The zero-order valence-electron chi connectivity index (χ0n) is 17.6. The summed E-state index contributed by atoms with van der Waals surface area (Å²) in [6.07, 6.45) is 0.769. The summed E-state index contributed by atoms with van der Waals surface area (Å²) in [7, 11) is 0. The van der Waals surface area contributed by atoms with E-state index >= 15 is 0 Å².